The number of pyridine rings is 1. The van der Waals surface area contributed by atoms with Gasteiger partial charge in [0.1, 0.15) is 0 Å². The van der Waals surface area contributed by atoms with Gasteiger partial charge in [0, 0.05) is 19.3 Å². The van der Waals surface area contributed by atoms with Crippen molar-refractivity contribution in [2.75, 3.05) is 13.1 Å². The molecule has 1 aromatic heterocycles. The van der Waals surface area contributed by atoms with Crippen LogP contribution in [0.5, 0.6) is 0 Å². The predicted molar refractivity (Wildman–Crippen MR) is 102 cm³/mol. The molecule has 2 amide bonds. The van der Waals surface area contributed by atoms with Crippen LogP contribution in [0.25, 0.3) is 0 Å². The third kappa shape index (κ3) is 5.30. The molecule has 3 rings (SSSR count). The van der Waals surface area contributed by atoms with Crippen LogP contribution in [0.4, 0.5) is 4.79 Å². The lowest BCUT2D eigenvalue weighted by Crippen LogP contribution is -2.45. The van der Waals surface area contributed by atoms with Crippen molar-refractivity contribution in [3.63, 3.8) is 0 Å². The van der Waals surface area contributed by atoms with Crippen molar-refractivity contribution in [3.05, 3.63) is 66.0 Å². The molecule has 1 aromatic carbocycles. The van der Waals surface area contributed by atoms with Gasteiger partial charge in [-0.1, -0.05) is 36.4 Å². The number of nitrogens with zero attached hydrogens (tertiary/aromatic N) is 2. The van der Waals surface area contributed by atoms with E-state index in [1.807, 2.05) is 41.3 Å². The van der Waals surface area contributed by atoms with E-state index in [1.54, 1.807) is 6.20 Å². The molecule has 26 heavy (non-hydrogen) atoms. The second-order valence-electron chi connectivity index (χ2n) is 6.90. The minimum absolute atomic E-state index is 0.0483. The molecule has 2 N–H and O–H groups in total. The van der Waals surface area contributed by atoms with E-state index in [-0.39, 0.29) is 18.1 Å². The van der Waals surface area contributed by atoms with Gasteiger partial charge in [-0.15, -0.1) is 0 Å². The minimum Gasteiger partial charge on any atom is -0.393 e. The Kier molecular flexibility index (Phi) is 6.61. The lowest BCUT2D eigenvalue weighted by atomic mass is 9.88. The van der Waals surface area contributed by atoms with Crippen molar-refractivity contribution in [2.24, 2.45) is 5.92 Å². The maximum Gasteiger partial charge on any atom is 0.317 e. The Balaban J connectivity index is 1.38. The average Bonchev–Trinajstić information content (AvgIpc) is 2.72. The summed E-state index contributed by atoms with van der Waals surface area (Å²) in [5, 5.41) is 13.4. The fourth-order valence-electron chi connectivity index (χ4n) is 3.46. The standard InChI is InChI=1S/C21H27N3O2/c25-20(10-9-17-6-2-1-3-7-17)18-11-14-24(15-12-18)21(26)23-16-19-8-4-5-13-22-19/h1-8,13,18,20,25H,9-12,14-16H2,(H,23,26)/t20-/m1/s1. The molecule has 5 nitrogen and oxygen atoms in total. The number of piperidine rings is 1. The van der Waals surface area contributed by atoms with Crippen molar-refractivity contribution in [2.45, 2.75) is 38.3 Å². The summed E-state index contributed by atoms with van der Waals surface area (Å²) in [5.41, 5.74) is 2.12. The van der Waals surface area contributed by atoms with Crippen LogP contribution in [0.3, 0.4) is 0 Å². The molecule has 0 aliphatic carbocycles. The highest BCUT2D eigenvalue weighted by atomic mass is 16.3. The van der Waals surface area contributed by atoms with E-state index in [4.69, 9.17) is 0 Å². The highest BCUT2D eigenvalue weighted by Crippen LogP contribution is 2.23. The maximum atomic E-state index is 12.3. The van der Waals surface area contributed by atoms with Crippen LogP contribution in [0.2, 0.25) is 0 Å². The molecule has 1 fully saturated rings. The number of aliphatic hydroxyl groups excluding tert-OH is 1. The Morgan fingerprint density at radius 2 is 1.88 bits per heavy atom. The highest BCUT2D eigenvalue weighted by molar-refractivity contribution is 5.74. The summed E-state index contributed by atoms with van der Waals surface area (Å²) < 4.78 is 0. The van der Waals surface area contributed by atoms with E-state index >= 15 is 0 Å². The molecule has 0 saturated carbocycles. The zero-order valence-corrected chi connectivity index (χ0v) is 15.1. The number of urea groups is 1. The summed E-state index contributed by atoms with van der Waals surface area (Å²) in [6.07, 6.45) is 4.81. The van der Waals surface area contributed by atoms with Gasteiger partial charge in [0.25, 0.3) is 0 Å². The molecule has 0 bridgehead atoms. The number of carbonyl (C=O) groups excluding carboxylic acids is 1. The molecular weight excluding hydrogens is 326 g/mol. The first-order valence-electron chi connectivity index (χ1n) is 9.37. The van der Waals surface area contributed by atoms with Gasteiger partial charge in [0.05, 0.1) is 18.3 Å². The number of nitrogens with one attached hydrogen (secondary N) is 1. The van der Waals surface area contributed by atoms with Crippen LogP contribution in [-0.4, -0.2) is 40.2 Å². The third-order valence-electron chi connectivity index (χ3n) is 5.09. The second kappa shape index (κ2) is 9.34. The predicted octanol–water partition coefficient (Wildman–Crippen LogP) is 3.00. The van der Waals surface area contributed by atoms with Gasteiger partial charge < -0.3 is 15.3 Å². The largest absolute Gasteiger partial charge is 0.393 e. The second-order valence-corrected chi connectivity index (χ2v) is 6.90. The first-order valence-corrected chi connectivity index (χ1v) is 9.37. The zero-order valence-electron chi connectivity index (χ0n) is 15.1. The first kappa shape index (κ1) is 18.4. The van der Waals surface area contributed by atoms with Crippen LogP contribution < -0.4 is 5.32 Å². The molecule has 1 aliphatic rings. The molecule has 1 atom stereocenters. The number of hydrogen-bond donors (Lipinski definition) is 2. The SMILES string of the molecule is O=C(NCc1ccccn1)N1CCC([C@H](O)CCc2ccccc2)CC1. The van der Waals surface area contributed by atoms with Gasteiger partial charge in [0.15, 0.2) is 0 Å². The molecule has 1 saturated heterocycles. The quantitative estimate of drug-likeness (QED) is 0.839. The molecule has 0 spiro atoms. The van der Waals surface area contributed by atoms with Gasteiger partial charge in [0.2, 0.25) is 0 Å². The number of aryl methyl sites for hydroxylation is 1. The Morgan fingerprint density at radius 1 is 1.15 bits per heavy atom. The first-order chi connectivity index (χ1) is 12.7. The third-order valence-corrected chi connectivity index (χ3v) is 5.09. The smallest absolute Gasteiger partial charge is 0.317 e. The van der Waals surface area contributed by atoms with Crippen LogP contribution in [0.1, 0.15) is 30.5 Å². The van der Waals surface area contributed by atoms with Gasteiger partial charge in [-0.3, -0.25) is 4.98 Å². The fourth-order valence-corrected chi connectivity index (χ4v) is 3.46. The Hall–Kier alpha value is -2.40. The Bertz CT molecular complexity index is 670. The number of benzene rings is 1. The topological polar surface area (TPSA) is 65.5 Å². The number of amides is 2. The van der Waals surface area contributed by atoms with E-state index in [9.17, 15) is 9.90 Å². The van der Waals surface area contributed by atoms with Gasteiger partial charge in [-0.05, 0) is 49.3 Å². The number of likely N-dealkylation sites (tertiary alicyclic amines) is 1. The van der Waals surface area contributed by atoms with E-state index in [0.717, 1.165) is 31.4 Å². The van der Waals surface area contributed by atoms with Gasteiger partial charge in [-0.2, -0.15) is 0 Å². The van der Waals surface area contributed by atoms with E-state index < -0.39 is 0 Å². The number of carbonyl (C=O) groups is 1. The summed E-state index contributed by atoms with van der Waals surface area (Å²) in [4.78, 5) is 18.3. The lowest BCUT2D eigenvalue weighted by Gasteiger charge is -2.34. The van der Waals surface area contributed by atoms with Crippen LogP contribution in [-0.2, 0) is 13.0 Å². The molecule has 0 radical (unpaired) electrons. The Morgan fingerprint density at radius 3 is 2.58 bits per heavy atom. The molecule has 138 valence electrons. The highest BCUT2D eigenvalue weighted by Gasteiger charge is 2.27. The van der Waals surface area contributed by atoms with E-state index in [2.05, 4.69) is 22.4 Å². The van der Waals surface area contributed by atoms with Crippen molar-refractivity contribution in [1.29, 1.82) is 0 Å². The summed E-state index contributed by atoms with van der Waals surface area (Å²) in [6.45, 7) is 1.83. The van der Waals surface area contributed by atoms with Crippen molar-refractivity contribution in [3.8, 4) is 0 Å². The van der Waals surface area contributed by atoms with Crippen molar-refractivity contribution in [1.82, 2.24) is 15.2 Å². The number of aliphatic hydroxyl groups is 1. The molecule has 0 unspecified atom stereocenters. The number of aromatic nitrogens is 1. The monoisotopic (exact) mass is 353 g/mol. The van der Waals surface area contributed by atoms with Crippen LogP contribution in [0, 0.1) is 5.92 Å². The van der Waals surface area contributed by atoms with E-state index in [0.29, 0.717) is 19.6 Å². The fraction of sp³-hybridized carbons (Fsp3) is 0.429. The summed E-state index contributed by atoms with van der Waals surface area (Å²) in [6, 6.07) is 15.9. The molecule has 5 heteroatoms. The van der Waals surface area contributed by atoms with Crippen molar-refractivity contribution >= 4 is 6.03 Å². The molecule has 1 aliphatic heterocycles. The average molecular weight is 353 g/mol. The summed E-state index contributed by atoms with van der Waals surface area (Å²) in [5.74, 6) is 0.276. The number of hydrogen-bond acceptors (Lipinski definition) is 3. The van der Waals surface area contributed by atoms with Crippen LogP contribution in [0.15, 0.2) is 54.7 Å². The molecule has 2 aromatic rings. The molecular formula is C21H27N3O2. The van der Waals surface area contributed by atoms with E-state index in [1.165, 1.54) is 5.56 Å². The Labute approximate surface area is 155 Å². The number of rotatable bonds is 6. The van der Waals surface area contributed by atoms with Gasteiger partial charge in [-0.25, -0.2) is 4.79 Å². The minimum atomic E-state index is -0.297. The lowest BCUT2D eigenvalue weighted by molar-refractivity contribution is 0.0610. The summed E-state index contributed by atoms with van der Waals surface area (Å²) >= 11 is 0. The molecule has 2 heterocycles. The zero-order chi connectivity index (χ0) is 18.2. The van der Waals surface area contributed by atoms with Crippen molar-refractivity contribution < 1.29 is 9.90 Å². The summed E-state index contributed by atoms with van der Waals surface area (Å²) in [7, 11) is 0. The maximum absolute atomic E-state index is 12.3. The van der Waals surface area contributed by atoms with Gasteiger partial charge >= 0.3 is 6.03 Å². The van der Waals surface area contributed by atoms with Crippen LogP contribution >= 0.6 is 0 Å². The normalized spacial score (nSPS) is 16.3.